The summed E-state index contributed by atoms with van der Waals surface area (Å²) in [6, 6.07) is 11.2. The van der Waals surface area contributed by atoms with Crippen LogP contribution >= 0.6 is 23.2 Å². The molecule has 0 aliphatic carbocycles. The Morgan fingerprint density at radius 1 is 0.929 bits per heavy atom. The van der Waals surface area contributed by atoms with Crippen molar-refractivity contribution in [3.63, 3.8) is 0 Å². The first-order chi connectivity index (χ1) is 13.5. The third-order valence-electron chi connectivity index (χ3n) is 4.18. The van der Waals surface area contributed by atoms with Crippen molar-refractivity contribution in [3.8, 4) is 0 Å². The highest BCUT2D eigenvalue weighted by molar-refractivity contribution is 6.42. The topological polar surface area (TPSA) is 90.5 Å². The van der Waals surface area contributed by atoms with Crippen molar-refractivity contribution in [1.82, 2.24) is 16.0 Å². The number of halogens is 2. The number of amides is 4. The Kier molecular flexibility index (Phi) is 6.38. The molecule has 1 saturated heterocycles. The molecular weight excluding hydrogens is 403 g/mol. The molecule has 0 bridgehead atoms. The molecule has 1 aliphatic rings. The summed E-state index contributed by atoms with van der Waals surface area (Å²) in [6.07, 6.45) is 0. The number of urea groups is 1. The van der Waals surface area contributed by atoms with Crippen LogP contribution < -0.4 is 20.9 Å². The van der Waals surface area contributed by atoms with Gasteiger partial charge in [-0.25, -0.2) is 4.79 Å². The molecule has 9 heteroatoms. The van der Waals surface area contributed by atoms with Crippen molar-refractivity contribution in [3.05, 3.63) is 63.6 Å². The molecule has 146 valence electrons. The van der Waals surface area contributed by atoms with E-state index in [1.165, 1.54) is 6.07 Å². The molecule has 3 rings (SSSR count). The lowest BCUT2D eigenvalue weighted by Gasteiger charge is -2.14. The fourth-order valence-electron chi connectivity index (χ4n) is 2.70. The fraction of sp³-hybridized carbons (Fsp3) is 0.211. The summed E-state index contributed by atoms with van der Waals surface area (Å²) in [5.74, 6) is -0.567. The second-order valence-electron chi connectivity index (χ2n) is 6.07. The molecule has 1 heterocycles. The molecular formula is C19H18Cl2N4O3. The molecule has 1 aliphatic heterocycles. The smallest absolute Gasteiger partial charge is 0.321 e. The number of nitrogens with zero attached hydrogens (tertiary/aromatic N) is 1. The zero-order chi connectivity index (χ0) is 20.1. The van der Waals surface area contributed by atoms with Crippen molar-refractivity contribution in [2.75, 3.05) is 31.1 Å². The predicted molar refractivity (Wildman–Crippen MR) is 108 cm³/mol. The van der Waals surface area contributed by atoms with Crippen LogP contribution in [-0.2, 0) is 0 Å². The minimum atomic E-state index is -0.305. The maximum atomic E-state index is 12.2. The fourth-order valence-corrected chi connectivity index (χ4v) is 3.00. The van der Waals surface area contributed by atoms with E-state index in [9.17, 15) is 14.4 Å². The Bertz CT molecular complexity index is 903. The van der Waals surface area contributed by atoms with Gasteiger partial charge in [-0.3, -0.25) is 14.5 Å². The van der Waals surface area contributed by atoms with Gasteiger partial charge in [-0.05, 0) is 42.5 Å². The maximum absolute atomic E-state index is 12.2. The molecule has 0 atom stereocenters. The van der Waals surface area contributed by atoms with Gasteiger partial charge in [0.2, 0.25) is 0 Å². The minimum Gasteiger partial charge on any atom is -0.350 e. The first-order valence-electron chi connectivity index (χ1n) is 8.62. The number of nitrogens with one attached hydrogen (secondary N) is 3. The Morgan fingerprint density at radius 2 is 1.54 bits per heavy atom. The second kappa shape index (κ2) is 8.95. The van der Waals surface area contributed by atoms with Crippen LogP contribution in [0.2, 0.25) is 10.0 Å². The molecule has 7 nitrogen and oxygen atoms in total. The zero-order valence-corrected chi connectivity index (χ0v) is 16.3. The Balaban J connectivity index is 1.45. The van der Waals surface area contributed by atoms with Gasteiger partial charge in [0, 0.05) is 43.0 Å². The molecule has 1 fully saturated rings. The molecule has 28 heavy (non-hydrogen) atoms. The van der Waals surface area contributed by atoms with Gasteiger partial charge in [0.1, 0.15) is 0 Å². The molecule has 0 aromatic heterocycles. The monoisotopic (exact) mass is 420 g/mol. The van der Waals surface area contributed by atoms with Gasteiger partial charge < -0.3 is 16.0 Å². The quantitative estimate of drug-likeness (QED) is 0.627. The van der Waals surface area contributed by atoms with Crippen LogP contribution in [0.4, 0.5) is 10.5 Å². The average Bonchev–Trinajstić information content (AvgIpc) is 3.13. The number of carbonyl (C=O) groups excluding carboxylic acids is 3. The molecule has 0 saturated carbocycles. The number of rotatable bonds is 6. The number of hydrogen-bond donors (Lipinski definition) is 3. The molecule has 2 aromatic carbocycles. The number of benzene rings is 2. The van der Waals surface area contributed by atoms with E-state index in [-0.39, 0.29) is 30.9 Å². The third-order valence-corrected chi connectivity index (χ3v) is 4.91. The SMILES string of the molecule is O=C(NCCNC(=O)c1ccc(Cl)c(Cl)c1)c1ccc(N2CCNC2=O)cc1. The largest absolute Gasteiger partial charge is 0.350 e. The van der Waals surface area contributed by atoms with Crippen LogP contribution in [0.5, 0.6) is 0 Å². The first-order valence-corrected chi connectivity index (χ1v) is 9.38. The van der Waals surface area contributed by atoms with Crippen LogP contribution in [0.3, 0.4) is 0 Å². The third kappa shape index (κ3) is 4.74. The van der Waals surface area contributed by atoms with Crippen LogP contribution in [0.15, 0.2) is 42.5 Å². The van der Waals surface area contributed by atoms with Crippen LogP contribution in [0.1, 0.15) is 20.7 Å². The van der Waals surface area contributed by atoms with Gasteiger partial charge in [-0.15, -0.1) is 0 Å². The Labute approximate surface area is 172 Å². The normalized spacial score (nSPS) is 13.2. The number of anilines is 1. The average molecular weight is 421 g/mol. The Morgan fingerprint density at radius 3 is 2.11 bits per heavy atom. The summed E-state index contributed by atoms with van der Waals surface area (Å²) in [4.78, 5) is 37.5. The lowest BCUT2D eigenvalue weighted by Crippen LogP contribution is -2.34. The van der Waals surface area contributed by atoms with Crippen molar-refractivity contribution in [2.45, 2.75) is 0 Å². The highest BCUT2D eigenvalue weighted by atomic mass is 35.5. The van der Waals surface area contributed by atoms with Crippen LogP contribution in [-0.4, -0.2) is 44.0 Å². The maximum Gasteiger partial charge on any atom is 0.321 e. The molecule has 2 aromatic rings. The van der Waals surface area contributed by atoms with E-state index >= 15 is 0 Å². The first kappa shape index (κ1) is 20.0. The van der Waals surface area contributed by atoms with E-state index in [2.05, 4.69) is 16.0 Å². The van der Waals surface area contributed by atoms with Crippen molar-refractivity contribution in [1.29, 1.82) is 0 Å². The second-order valence-corrected chi connectivity index (χ2v) is 6.89. The zero-order valence-electron chi connectivity index (χ0n) is 14.8. The highest BCUT2D eigenvalue weighted by Gasteiger charge is 2.21. The van der Waals surface area contributed by atoms with Crippen LogP contribution in [0.25, 0.3) is 0 Å². The van der Waals surface area contributed by atoms with E-state index < -0.39 is 0 Å². The summed E-state index contributed by atoms with van der Waals surface area (Å²) in [5, 5.41) is 8.83. The summed E-state index contributed by atoms with van der Waals surface area (Å²) in [7, 11) is 0. The summed E-state index contributed by atoms with van der Waals surface area (Å²) < 4.78 is 0. The lowest BCUT2D eigenvalue weighted by atomic mass is 10.2. The summed E-state index contributed by atoms with van der Waals surface area (Å²) in [5.41, 5.74) is 1.60. The predicted octanol–water partition coefficient (Wildman–Crippen LogP) is 2.68. The minimum absolute atomic E-state index is 0.144. The highest BCUT2D eigenvalue weighted by Crippen LogP contribution is 2.22. The number of hydrogen-bond acceptors (Lipinski definition) is 3. The van der Waals surface area contributed by atoms with E-state index in [1.54, 1.807) is 41.3 Å². The van der Waals surface area contributed by atoms with E-state index in [0.717, 1.165) is 5.69 Å². The van der Waals surface area contributed by atoms with Gasteiger partial charge in [0.15, 0.2) is 0 Å². The van der Waals surface area contributed by atoms with Crippen LogP contribution in [0, 0.1) is 0 Å². The number of carbonyl (C=O) groups is 3. The van der Waals surface area contributed by atoms with E-state index in [0.29, 0.717) is 34.3 Å². The molecule has 3 N–H and O–H groups in total. The van der Waals surface area contributed by atoms with Gasteiger partial charge in [0.05, 0.1) is 10.0 Å². The van der Waals surface area contributed by atoms with Crippen molar-refractivity contribution < 1.29 is 14.4 Å². The van der Waals surface area contributed by atoms with E-state index in [1.807, 2.05) is 0 Å². The van der Waals surface area contributed by atoms with Gasteiger partial charge in [-0.1, -0.05) is 23.2 Å². The van der Waals surface area contributed by atoms with Crippen molar-refractivity contribution >= 4 is 46.7 Å². The van der Waals surface area contributed by atoms with Gasteiger partial charge >= 0.3 is 6.03 Å². The summed E-state index contributed by atoms with van der Waals surface area (Å²) in [6.45, 7) is 1.73. The molecule has 0 unspecified atom stereocenters. The van der Waals surface area contributed by atoms with E-state index in [4.69, 9.17) is 23.2 Å². The van der Waals surface area contributed by atoms with Crippen molar-refractivity contribution in [2.24, 2.45) is 0 Å². The molecule has 0 radical (unpaired) electrons. The Hall–Kier alpha value is -2.77. The standard InChI is InChI=1S/C19H18Cl2N4O3/c20-15-6-3-13(11-16(15)21)18(27)23-8-7-22-17(26)12-1-4-14(5-2-12)25-10-9-24-19(25)28/h1-6,11H,7-10H2,(H,22,26)(H,23,27)(H,24,28). The summed E-state index contributed by atoms with van der Waals surface area (Å²) >= 11 is 11.7. The van der Waals surface area contributed by atoms with Gasteiger partial charge in [-0.2, -0.15) is 0 Å². The lowest BCUT2D eigenvalue weighted by molar-refractivity contribution is 0.0927. The molecule has 0 spiro atoms. The van der Waals surface area contributed by atoms with Gasteiger partial charge in [0.25, 0.3) is 11.8 Å². The molecule has 4 amide bonds.